The first-order valence-corrected chi connectivity index (χ1v) is 5.16. The van der Waals surface area contributed by atoms with Gasteiger partial charge in [-0.15, -0.1) is 0 Å². The topological polar surface area (TPSA) is 29.5 Å². The van der Waals surface area contributed by atoms with E-state index in [0.29, 0.717) is 12.3 Å². The van der Waals surface area contributed by atoms with E-state index in [0.717, 1.165) is 25.9 Å². The fraction of sp³-hybridized carbons (Fsp3) is 0.727. The molecule has 0 aromatic rings. The highest BCUT2D eigenvalue weighted by Crippen LogP contribution is 1.97. The van der Waals surface area contributed by atoms with Crippen LogP contribution in [-0.4, -0.2) is 30.7 Å². The van der Waals surface area contributed by atoms with E-state index in [-0.39, 0.29) is 5.97 Å². The molecule has 0 radical (unpaired) electrons. The fourth-order valence-electron chi connectivity index (χ4n) is 1.15. The zero-order valence-corrected chi connectivity index (χ0v) is 9.51. The second-order valence-corrected chi connectivity index (χ2v) is 3.46. The van der Waals surface area contributed by atoms with Crippen LogP contribution < -0.4 is 0 Å². The van der Waals surface area contributed by atoms with Crippen molar-refractivity contribution in [1.82, 2.24) is 4.90 Å². The number of nitrogens with zero attached hydrogens (tertiary/aromatic N) is 1. The van der Waals surface area contributed by atoms with Crippen molar-refractivity contribution < 1.29 is 9.53 Å². The summed E-state index contributed by atoms with van der Waals surface area (Å²) < 4.78 is 5.06. The molecule has 0 atom stereocenters. The molecule has 82 valence electrons. The molecule has 0 N–H and O–H groups in total. The van der Waals surface area contributed by atoms with Crippen molar-refractivity contribution >= 4 is 5.97 Å². The minimum atomic E-state index is -0.304. The first-order chi connectivity index (χ1) is 6.61. The lowest BCUT2D eigenvalue weighted by Gasteiger charge is -2.20. The zero-order valence-electron chi connectivity index (χ0n) is 9.51. The van der Waals surface area contributed by atoms with Gasteiger partial charge in [0, 0.05) is 18.7 Å². The SMILES string of the molecule is C=C(C)C(=O)OCN(CCC)CCC. The summed E-state index contributed by atoms with van der Waals surface area (Å²) in [6, 6.07) is 0. The van der Waals surface area contributed by atoms with Gasteiger partial charge in [0.25, 0.3) is 0 Å². The Labute approximate surface area is 86.7 Å². The first kappa shape index (κ1) is 13.2. The Kier molecular flexibility index (Phi) is 7.11. The Bertz CT molecular complexity index is 184. The van der Waals surface area contributed by atoms with Crippen molar-refractivity contribution in [3.63, 3.8) is 0 Å². The number of carbonyl (C=O) groups excluding carboxylic acids is 1. The molecule has 0 aliphatic heterocycles. The largest absolute Gasteiger partial charge is 0.446 e. The van der Waals surface area contributed by atoms with Gasteiger partial charge in [-0.05, 0) is 19.8 Å². The van der Waals surface area contributed by atoms with Crippen LogP contribution in [0, 0.1) is 0 Å². The van der Waals surface area contributed by atoms with Crippen molar-refractivity contribution in [1.29, 1.82) is 0 Å². The van der Waals surface area contributed by atoms with E-state index in [1.54, 1.807) is 6.92 Å². The van der Waals surface area contributed by atoms with Crippen LogP contribution >= 0.6 is 0 Å². The highest BCUT2D eigenvalue weighted by atomic mass is 16.5. The maximum atomic E-state index is 11.1. The summed E-state index contributed by atoms with van der Waals surface area (Å²) in [6.45, 7) is 11.7. The van der Waals surface area contributed by atoms with Crippen LogP contribution in [0.15, 0.2) is 12.2 Å². The molecule has 3 heteroatoms. The summed E-state index contributed by atoms with van der Waals surface area (Å²) in [5.74, 6) is -0.304. The van der Waals surface area contributed by atoms with Gasteiger partial charge in [0.1, 0.15) is 6.73 Å². The molecule has 0 aromatic carbocycles. The van der Waals surface area contributed by atoms with E-state index in [1.165, 1.54) is 0 Å². The van der Waals surface area contributed by atoms with Crippen molar-refractivity contribution in [3.8, 4) is 0 Å². The number of carbonyl (C=O) groups is 1. The summed E-state index contributed by atoms with van der Waals surface area (Å²) in [6.07, 6.45) is 2.15. The maximum absolute atomic E-state index is 11.1. The Balaban J connectivity index is 3.80. The monoisotopic (exact) mass is 199 g/mol. The van der Waals surface area contributed by atoms with Crippen LogP contribution in [0.1, 0.15) is 33.6 Å². The van der Waals surface area contributed by atoms with E-state index in [2.05, 4.69) is 25.3 Å². The Morgan fingerprint density at radius 3 is 2.14 bits per heavy atom. The molecule has 0 bridgehead atoms. The van der Waals surface area contributed by atoms with Crippen LogP contribution in [0.4, 0.5) is 0 Å². The molecule has 0 unspecified atom stereocenters. The normalized spacial score (nSPS) is 10.3. The van der Waals surface area contributed by atoms with Crippen molar-refractivity contribution in [2.24, 2.45) is 0 Å². The molecule has 3 nitrogen and oxygen atoms in total. The van der Waals surface area contributed by atoms with E-state index < -0.39 is 0 Å². The summed E-state index contributed by atoms with van der Waals surface area (Å²) in [5.41, 5.74) is 0.456. The molecule has 0 spiro atoms. The molecule has 0 heterocycles. The molecule has 0 fully saturated rings. The number of ether oxygens (including phenoxy) is 1. The average Bonchev–Trinajstić information content (AvgIpc) is 2.14. The molecule has 0 aliphatic rings. The van der Waals surface area contributed by atoms with E-state index in [1.807, 2.05) is 0 Å². The fourth-order valence-corrected chi connectivity index (χ4v) is 1.15. The van der Waals surface area contributed by atoms with Crippen LogP contribution in [0.25, 0.3) is 0 Å². The highest BCUT2D eigenvalue weighted by molar-refractivity contribution is 5.86. The Hall–Kier alpha value is -0.830. The highest BCUT2D eigenvalue weighted by Gasteiger charge is 2.07. The maximum Gasteiger partial charge on any atom is 0.334 e. The van der Waals surface area contributed by atoms with Gasteiger partial charge in [0.2, 0.25) is 0 Å². The Morgan fingerprint density at radius 2 is 1.79 bits per heavy atom. The summed E-state index contributed by atoms with van der Waals surface area (Å²) in [5, 5.41) is 0. The van der Waals surface area contributed by atoms with Gasteiger partial charge in [0.05, 0.1) is 0 Å². The molecule has 0 aliphatic carbocycles. The van der Waals surface area contributed by atoms with E-state index >= 15 is 0 Å². The summed E-state index contributed by atoms with van der Waals surface area (Å²) >= 11 is 0. The number of hydrogen-bond donors (Lipinski definition) is 0. The van der Waals surface area contributed by atoms with Crippen molar-refractivity contribution in [3.05, 3.63) is 12.2 Å². The second-order valence-electron chi connectivity index (χ2n) is 3.46. The predicted octanol–water partition coefficient (Wildman–Crippen LogP) is 2.19. The molecule has 0 aromatic heterocycles. The number of rotatable bonds is 7. The molecule has 0 rings (SSSR count). The van der Waals surface area contributed by atoms with Gasteiger partial charge in [0.15, 0.2) is 0 Å². The quantitative estimate of drug-likeness (QED) is 0.357. The van der Waals surface area contributed by atoms with E-state index in [4.69, 9.17) is 4.74 Å². The molecule has 14 heavy (non-hydrogen) atoms. The van der Waals surface area contributed by atoms with Crippen LogP contribution in [0.5, 0.6) is 0 Å². The van der Waals surface area contributed by atoms with E-state index in [9.17, 15) is 4.79 Å². The molecule has 0 saturated heterocycles. The average molecular weight is 199 g/mol. The van der Waals surface area contributed by atoms with Gasteiger partial charge in [-0.2, -0.15) is 0 Å². The van der Waals surface area contributed by atoms with Crippen LogP contribution in [0.2, 0.25) is 0 Å². The lowest BCUT2D eigenvalue weighted by Crippen LogP contribution is -2.29. The lowest BCUT2D eigenvalue weighted by atomic mass is 10.3. The van der Waals surface area contributed by atoms with Crippen LogP contribution in [-0.2, 0) is 9.53 Å². The minimum Gasteiger partial charge on any atom is -0.446 e. The number of esters is 1. The summed E-state index contributed by atoms with van der Waals surface area (Å²) in [7, 11) is 0. The molecule has 0 amide bonds. The van der Waals surface area contributed by atoms with Gasteiger partial charge in [-0.3, -0.25) is 4.90 Å². The first-order valence-electron chi connectivity index (χ1n) is 5.16. The van der Waals surface area contributed by atoms with Crippen molar-refractivity contribution in [2.45, 2.75) is 33.6 Å². The third kappa shape index (κ3) is 5.75. The summed E-state index contributed by atoms with van der Waals surface area (Å²) in [4.78, 5) is 13.2. The van der Waals surface area contributed by atoms with Gasteiger partial charge in [-0.25, -0.2) is 4.79 Å². The van der Waals surface area contributed by atoms with Crippen molar-refractivity contribution in [2.75, 3.05) is 19.8 Å². The van der Waals surface area contributed by atoms with Gasteiger partial charge >= 0.3 is 5.97 Å². The molecular formula is C11H21NO2. The van der Waals surface area contributed by atoms with Gasteiger partial charge in [-0.1, -0.05) is 20.4 Å². The third-order valence-electron chi connectivity index (χ3n) is 1.81. The molecule has 0 saturated carbocycles. The zero-order chi connectivity index (χ0) is 11.0. The Morgan fingerprint density at radius 1 is 1.29 bits per heavy atom. The third-order valence-corrected chi connectivity index (χ3v) is 1.81. The smallest absolute Gasteiger partial charge is 0.334 e. The van der Waals surface area contributed by atoms with Crippen LogP contribution in [0.3, 0.4) is 0 Å². The second kappa shape index (κ2) is 7.56. The standard InChI is InChI=1S/C11H21NO2/c1-5-7-12(8-6-2)9-14-11(13)10(3)4/h3,5-9H2,1-2,4H3. The molecular weight excluding hydrogens is 178 g/mol. The minimum absolute atomic E-state index is 0.304. The number of hydrogen-bond acceptors (Lipinski definition) is 3. The van der Waals surface area contributed by atoms with Gasteiger partial charge < -0.3 is 4.74 Å². The predicted molar refractivity (Wildman–Crippen MR) is 57.9 cm³/mol. The lowest BCUT2D eigenvalue weighted by molar-refractivity contribution is -0.143.